The zero-order valence-electron chi connectivity index (χ0n) is 16.2. The van der Waals surface area contributed by atoms with Crippen molar-refractivity contribution in [1.29, 1.82) is 0 Å². The van der Waals surface area contributed by atoms with Gasteiger partial charge in [0, 0.05) is 18.9 Å². The van der Waals surface area contributed by atoms with Crippen LogP contribution in [0.3, 0.4) is 0 Å². The molecule has 5 rings (SSSR count). The Balaban J connectivity index is 1.42. The van der Waals surface area contributed by atoms with Crippen LogP contribution in [0.15, 0.2) is 49.1 Å². The van der Waals surface area contributed by atoms with Gasteiger partial charge in [-0.25, -0.2) is 9.97 Å². The van der Waals surface area contributed by atoms with E-state index in [4.69, 9.17) is 4.74 Å². The maximum absolute atomic E-state index is 13.6. The van der Waals surface area contributed by atoms with Gasteiger partial charge in [-0.3, -0.25) is 4.79 Å². The van der Waals surface area contributed by atoms with Crippen molar-refractivity contribution in [3.8, 4) is 11.7 Å². The molecular weight excluding hydrogens is 368 g/mol. The summed E-state index contributed by atoms with van der Waals surface area (Å²) in [6.07, 6.45) is 9.69. The lowest BCUT2D eigenvalue weighted by molar-refractivity contribution is 0.0386. The quantitative estimate of drug-likeness (QED) is 0.665. The second-order valence-corrected chi connectivity index (χ2v) is 7.92. The Morgan fingerprint density at radius 1 is 1.21 bits per heavy atom. The van der Waals surface area contributed by atoms with Crippen LogP contribution in [0.1, 0.15) is 35.2 Å². The van der Waals surface area contributed by atoms with Crippen molar-refractivity contribution in [2.45, 2.75) is 31.7 Å². The Kier molecular flexibility index (Phi) is 4.26. The lowest BCUT2D eigenvalue weighted by Gasteiger charge is -2.38. The van der Waals surface area contributed by atoms with Crippen molar-refractivity contribution in [1.82, 2.24) is 29.9 Å². The number of aryl methyl sites for hydroxylation is 1. The predicted octanol–water partition coefficient (Wildman–Crippen LogP) is 2.44. The average Bonchev–Trinajstić information content (AvgIpc) is 3.49. The van der Waals surface area contributed by atoms with Crippen LogP contribution < -0.4 is 4.74 Å². The molecule has 0 N–H and O–H groups in total. The summed E-state index contributed by atoms with van der Waals surface area (Å²) in [4.78, 5) is 25.5. The minimum absolute atomic E-state index is 0.00600. The molecule has 1 amide bonds. The van der Waals surface area contributed by atoms with Crippen LogP contribution in [-0.2, 0) is 0 Å². The van der Waals surface area contributed by atoms with Crippen LogP contribution in [0.4, 0.5) is 0 Å². The molecule has 3 aromatic rings. The van der Waals surface area contributed by atoms with Crippen molar-refractivity contribution in [3.63, 3.8) is 0 Å². The molecule has 0 spiro atoms. The fourth-order valence-electron chi connectivity index (χ4n) is 4.54. The van der Waals surface area contributed by atoms with E-state index in [2.05, 4.69) is 20.2 Å². The number of likely N-dealkylation sites (tertiary alicyclic amines) is 1. The monoisotopic (exact) mass is 390 g/mol. The molecule has 2 bridgehead atoms. The Morgan fingerprint density at radius 2 is 1.97 bits per heavy atom. The Hall–Kier alpha value is -3.29. The molecule has 2 unspecified atom stereocenters. The summed E-state index contributed by atoms with van der Waals surface area (Å²) in [7, 11) is 0. The summed E-state index contributed by atoms with van der Waals surface area (Å²) < 4.78 is 5.94. The number of carbonyl (C=O) groups is 1. The molecule has 1 saturated carbocycles. The van der Waals surface area contributed by atoms with Crippen molar-refractivity contribution in [3.05, 3.63) is 60.2 Å². The van der Waals surface area contributed by atoms with Gasteiger partial charge in [0.25, 0.3) is 5.91 Å². The minimum atomic E-state index is -0.319. The number of amides is 1. The highest BCUT2D eigenvalue weighted by Gasteiger charge is 2.53. The van der Waals surface area contributed by atoms with E-state index in [1.165, 1.54) is 4.80 Å². The number of nitrogens with zero attached hydrogens (tertiary/aromatic N) is 6. The van der Waals surface area contributed by atoms with Crippen LogP contribution in [0, 0.1) is 12.8 Å². The zero-order chi connectivity index (χ0) is 19.8. The molecule has 8 heteroatoms. The summed E-state index contributed by atoms with van der Waals surface area (Å²) in [5.41, 5.74) is 1.95. The standard InChI is InChI=1S/C21H22N6O2/c1-15-11-22-20(23-12-15)29-14-21-7-6-16(10-21)13-26(21)19(28)17-4-2-3-5-18(17)27-24-8-9-25-27/h2-5,8-9,11-12,16H,6-7,10,13-14H2,1H3. The van der Waals surface area contributed by atoms with Gasteiger partial charge in [0.05, 0.1) is 29.2 Å². The number of rotatable bonds is 5. The van der Waals surface area contributed by atoms with Gasteiger partial charge in [0.15, 0.2) is 0 Å². The number of aromatic nitrogens is 5. The molecule has 2 aliphatic rings. The average molecular weight is 390 g/mol. The topological polar surface area (TPSA) is 86.0 Å². The predicted molar refractivity (Wildman–Crippen MR) is 105 cm³/mol. The number of fused-ring (bicyclic) bond motifs is 2. The summed E-state index contributed by atoms with van der Waals surface area (Å²) in [6, 6.07) is 7.82. The van der Waals surface area contributed by atoms with Crippen LogP contribution in [0.5, 0.6) is 6.01 Å². The molecule has 2 fully saturated rings. The molecule has 0 radical (unpaired) electrons. The highest BCUT2D eigenvalue weighted by molar-refractivity contribution is 5.98. The first-order chi connectivity index (χ1) is 14.1. The number of hydrogen-bond donors (Lipinski definition) is 0. The van der Waals surface area contributed by atoms with Gasteiger partial charge in [0.1, 0.15) is 6.61 Å². The lowest BCUT2D eigenvalue weighted by atomic mass is 9.96. The first-order valence-corrected chi connectivity index (χ1v) is 9.84. The van der Waals surface area contributed by atoms with Crippen molar-refractivity contribution in [2.24, 2.45) is 5.92 Å². The molecule has 3 heterocycles. The third kappa shape index (κ3) is 3.14. The van der Waals surface area contributed by atoms with Gasteiger partial charge >= 0.3 is 6.01 Å². The van der Waals surface area contributed by atoms with Gasteiger partial charge in [-0.05, 0) is 49.8 Å². The van der Waals surface area contributed by atoms with Crippen LogP contribution in [0.25, 0.3) is 5.69 Å². The molecule has 2 atom stereocenters. The summed E-state index contributed by atoms with van der Waals surface area (Å²) >= 11 is 0. The SMILES string of the molecule is Cc1cnc(OCC23CCC(CN2C(=O)c2ccccc2-n2nccn2)C3)nc1. The zero-order valence-corrected chi connectivity index (χ0v) is 16.2. The maximum atomic E-state index is 13.6. The van der Waals surface area contributed by atoms with E-state index < -0.39 is 0 Å². The first-order valence-electron chi connectivity index (χ1n) is 9.84. The van der Waals surface area contributed by atoms with E-state index in [-0.39, 0.29) is 11.4 Å². The van der Waals surface area contributed by atoms with Crippen molar-refractivity contribution in [2.75, 3.05) is 13.2 Å². The van der Waals surface area contributed by atoms with E-state index in [1.807, 2.05) is 36.1 Å². The molecule has 8 nitrogen and oxygen atoms in total. The maximum Gasteiger partial charge on any atom is 0.316 e. The first kappa shape index (κ1) is 17.8. The van der Waals surface area contributed by atoms with Gasteiger partial charge in [-0.2, -0.15) is 15.0 Å². The Labute approximate surface area is 168 Å². The molecule has 2 aromatic heterocycles. The van der Waals surface area contributed by atoms with Gasteiger partial charge < -0.3 is 9.64 Å². The summed E-state index contributed by atoms with van der Waals surface area (Å²) in [5, 5.41) is 8.40. The number of benzene rings is 1. The third-order valence-electron chi connectivity index (χ3n) is 5.94. The molecule has 1 aromatic carbocycles. The summed E-state index contributed by atoms with van der Waals surface area (Å²) in [6.45, 7) is 3.09. The summed E-state index contributed by atoms with van der Waals surface area (Å²) in [5.74, 6) is 0.505. The van der Waals surface area contributed by atoms with Gasteiger partial charge in [-0.1, -0.05) is 12.1 Å². The highest BCUT2D eigenvalue weighted by Crippen LogP contribution is 2.47. The number of ether oxygens (including phenoxy) is 1. The highest BCUT2D eigenvalue weighted by atomic mass is 16.5. The fraction of sp³-hybridized carbons (Fsp3) is 0.381. The van der Waals surface area contributed by atoms with E-state index in [1.54, 1.807) is 24.8 Å². The van der Waals surface area contributed by atoms with Gasteiger partial charge in [0.2, 0.25) is 0 Å². The molecular formula is C21H22N6O2. The van der Waals surface area contributed by atoms with Crippen LogP contribution in [0.2, 0.25) is 0 Å². The van der Waals surface area contributed by atoms with E-state index in [0.29, 0.717) is 29.8 Å². The van der Waals surface area contributed by atoms with Crippen molar-refractivity contribution < 1.29 is 9.53 Å². The minimum Gasteiger partial charge on any atom is -0.461 e. The number of piperidine rings is 1. The molecule has 148 valence electrons. The third-order valence-corrected chi connectivity index (χ3v) is 5.94. The Bertz CT molecular complexity index is 1020. The Morgan fingerprint density at radius 3 is 2.72 bits per heavy atom. The van der Waals surface area contributed by atoms with E-state index >= 15 is 0 Å². The second-order valence-electron chi connectivity index (χ2n) is 7.92. The van der Waals surface area contributed by atoms with Crippen LogP contribution in [-0.4, -0.2) is 54.5 Å². The number of para-hydroxylation sites is 1. The second kappa shape index (κ2) is 6.95. The smallest absolute Gasteiger partial charge is 0.316 e. The van der Waals surface area contributed by atoms with Crippen LogP contribution >= 0.6 is 0 Å². The molecule has 29 heavy (non-hydrogen) atoms. The lowest BCUT2D eigenvalue weighted by Crippen LogP contribution is -2.52. The van der Waals surface area contributed by atoms with E-state index in [0.717, 1.165) is 31.4 Å². The fourth-order valence-corrected chi connectivity index (χ4v) is 4.54. The molecule has 1 aliphatic carbocycles. The van der Waals surface area contributed by atoms with Crippen molar-refractivity contribution >= 4 is 5.91 Å². The largest absolute Gasteiger partial charge is 0.461 e. The number of carbonyl (C=O) groups excluding carboxylic acids is 1. The molecule has 1 aliphatic heterocycles. The van der Waals surface area contributed by atoms with E-state index in [9.17, 15) is 4.79 Å². The number of hydrogen-bond acceptors (Lipinski definition) is 6. The normalized spacial score (nSPS) is 22.8. The molecule has 1 saturated heterocycles. The van der Waals surface area contributed by atoms with Gasteiger partial charge in [-0.15, -0.1) is 0 Å².